The van der Waals surface area contributed by atoms with Gasteiger partial charge >= 0.3 is 0 Å². The number of carbonyl (C=O) groups is 1. The molecule has 0 saturated carbocycles. The maximum atomic E-state index is 12.7. The number of ether oxygens (including phenoxy) is 1. The van der Waals surface area contributed by atoms with E-state index in [4.69, 9.17) is 16.3 Å². The van der Waals surface area contributed by atoms with E-state index in [1.807, 2.05) is 84.9 Å². The molecule has 4 aromatic rings. The van der Waals surface area contributed by atoms with Gasteiger partial charge in [0.05, 0.1) is 24.3 Å². The number of benzene rings is 3. The SMILES string of the molecule is Cc1nn(Cc2ccccc2)c(Cl)c1C(=O)NCCOc1ccccc1-c1ccccc1. The molecule has 6 heteroatoms. The van der Waals surface area contributed by atoms with E-state index in [0.29, 0.717) is 36.1 Å². The van der Waals surface area contributed by atoms with E-state index >= 15 is 0 Å². The van der Waals surface area contributed by atoms with Gasteiger partial charge in [-0.15, -0.1) is 0 Å². The Morgan fingerprint density at radius 1 is 0.969 bits per heavy atom. The molecule has 0 bridgehead atoms. The molecule has 1 amide bonds. The number of hydrogen-bond donors (Lipinski definition) is 1. The highest BCUT2D eigenvalue weighted by Gasteiger charge is 2.20. The quantitative estimate of drug-likeness (QED) is 0.371. The third-order valence-electron chi connectivity index (χ3n) is 5.08. The zero-order valence-corrected chi connectivity index (χ0v) is 18.5. The Labute approximate surface area is 192 Å². The Bertz CT molecular complexity index is 1190. The first-order valence-corrected chi connectivity index (χ1v) is 10.8. The van der Waals surface area contributed by atoms with Crippen molar-refractivity contribution in [3.05, 3.63) is 107 Å². The fourth-order valence-corrected chi connectivity index (χ4v) is 3.86. The molecule has 0 fully saturated rings. The van der Waals surface area contributed by atoms with Crippen molar-refractivity contribution in [1.29, 1.82) is 0 Å². The monoisotopic (exact) mass is 445 g/mol. The molecule has 32 heavy (non-hydrogen) atoms. The Morgan fingerprint density at radius 2 is 1.62 bits per heavy atom. The number of halogens is 1. The van der Waals surface area contributed by atoms with Crippen LogP contribution in [0.1, 0.15) is 21.6 Å². The fourth-order valence-electron chi connectivity index (χ4n) is 3.54. The van der Waals surface area contributed by atoms with Crippen LogP contribution in [0.25, 0.3) is 11.1 Å². The minimum absolute atomic E-state index is 0.258. The number of nitrogens with zero attached hydrogens (tertiary/aromatic N) is 2. The van der Waals surface area contributed by atoms with E-state index in [-0.39, 0.29) is 5.91 Å². The number of rotatable bonds is 8. The lowest BCUT2D eigenvalue weighted by Crippen LogP contribution is -2.28. The predicted octanol–water partition coefficient (Wildman–Crippen LogP) is 5.37. The molecule has 0 aliphatic heterocycles. The zero-order chi connectivity index (χ0) is 22.3. The van der Waals surface area contributed by atoms with Crippen LogP contribution in [0.5, 0.6) is 5.75 Å². The van der Waals surface area contributed by atoms with Crippen LogP contribution in [0.2, 0.25) is 5.15 Å². The molecular formula is C26H24ClN3O2. The maximum Gasteiger partial charge on any atom is 0.256 e. The molecule has 0 atom stereocenters. The van der Waals surface area contributed by atoms with E-state index in [0.717, 1.165) is 22.4 Å². The van der Waals surface area contributed by atoms with Gasteiger partial charge in [0.2, 0.25) is 0 Å². The Hall–Kier alpha value is -3.57. The number of para-hydroxylation sites is 1. The van der Waals surface area contributed by atoms with E-state index in [1.54, 1.807) is 11.6 Å². The van der Waals surface area contributed by atoms with Crippen LogP contribution in [-0.2, 0) is 6.54 Å². The van der Waals surface area contributed by atoms with E-state index in [9.17, 15) is 4.79 Å². The van der Waals surface area contributed by atoms with Gasteiger partial charge in [-0.2, -0.15) is 5.10 Å². The van der Waals surface area contributed by atoms with Crippen LogP contribution in [0.4, 0.5) is 0 Å². The number of carbonyl (C=O) groups excluding carboxylic acids is 1. The molecular weight excluding hydrogens is 422 g/mol. The smallest absolute Gasteiger partial charge is 0.256 e. The first kappa shape index (κ1) is 21.7. The molecule has 4 rings (SSSR count). The molecule has 1 heterocycles. The molecule has 0 unspecified atom stereocenters. The van der Waals surface area contributed by atoms with E-state index < -0.39 is 0 Å². The largest absolute Gasteiger partial charge is 0.491 e. The summed E-state index contributed by atoms with van der Waals surface area (Å²) in [7, 11) is 0. The summed E-state index contributed by atoms with van der Waals surface area (Å²) in [6.45, 7) is 2.98. The zero-order valence-electron chi connectivity index (χ0n) is 17.8. The van der Waals surface area contributed by atoms with Crippen molar-refractivity contribution >= 4 is 17.5 Å². The van der Waals surface area contributed by atoms with Gasteiger partial charge in [0.25, 0.3) is 5.91 Å². The fraction of sp³-hybridized carbons (Fsp3) is 0.154. The number of amides is 1. The topological polar surface area (TPSA) is 56.2 Å². The van der Waals surface area contributed by atoms with Gasteiger partial charge < -0.3 is 10.1 Å². The van der Waals surface area contributed by atoms with Crippen LogP contribution in [0.3, 0.4) is 0 Å². The lowest BCUT2D eigenvalue weighted by atomic mass is 10.1. The Morgan fingerprint density at radius 3 is 2.38 bits per heavy atom. The third kappa shape index (κ3) is 5.01. The molecule has 5 nitrogen and oxygen atoms in total. The molecule has 0 aliphatic carbocycles. The summed E-state index contributed by atoms with van der Waals surface area (Å²) in [6.07, 6.45) is 0. The highest BCUT2D eigenvalue weighted by atomic mass is 35.5. The van der Waals surface area contributed by atoms with Crippen molar-refractivity contribution in [2.45, 2.75) is 13.5 Å². The van der Waals surface area contributed by atoms with Crippen LogP contribution in [0, 0.1) is 6.92 Å². The molecule has 162 valence electrons. The average Bonchev–Trinajstić information content (AvgIpc) is 3.10. The first-order valence-electron chi connectivity index (χ1n) is 10.5. The summed E-state index contributed by atoms with van der Waals surface area (Å²) in [5.74, 6) is 0.518. The molecule has 0 saturated heterocycles. The van der Waals surface area contributed by atoms with Crippen molar-refractivity contribution in [2.24, 2.45) is 0 Å². The van der Waals surface area contributed by atoms with E-state index in [1.165, 1.54) is 0 Å². The highest BCUT2D eigenvalue weighted by molar-refractivity contribution is 6.33. The molecule has 0 spiro atoms. The van der Waals surface area contributed by atoms with Gasteiger partial charge in [-0.3, -0.25) is 4.79 Å². The van der Waals surface area contributed by atoms with Crippen molar-refractivity contribution in [2.75, 3.05) is 13.2 Å². The van der Waals surface area contributed by atoms with Gasteiger partial charge in [0, 0.05) is 5.56 Å². The second-order valence-corrected chi connectivity index (χ2v) is 7.72. The summed E-state index contributed by atoms with van der Waals surface area (Å²) in [6, 6.07) is 27.8. The van der Waals surface area contributed by atoms with Gasteiger partial charge in [0.1, 0.15) is 17.5 Å². The van der Waals surface area contributed by atoms with Gasteiger partial charge in [0.15, 0.2) is 0 Å². The number of aryl methyl sites for hydroxylation is 1. The summed E-state index contributed by atoms with van der Waals surface area (Å²) in [5, 5.41) is 7.66. The van der Waals surface area contributed by atoms with Crippen molar-refractivity contribution in [3.63, 3.8) is 0 Å². The van der Waals surface area contributed by atoms with E-state index in [2.05, 4.69) is 10.4 Å². The van der Waals surface area contributed by atoms with Crippen LogP contribution >= 0.6 is 11.6 Å². The first-order chi connectivity index (χ1) is 15.6. The Balaban J connectivity index is 1.36. The highest BCUT2D eigenvalue weighted by Crippen LogP contribution is 2.29. The molecule has 1 aromatic heterocycles. The number of nitrogens with one attached hydrogen (secondary N) is 1. The lowest BCUT2D eigenvalue weighted by Gasteiger charge is -2.12. The minimum Gasteiger partial charge on any atom is -0.491 e. The van der Waals surface area contributed by atoms with Crippen molar-refractivity contribution in [3.8, 4) is 16.9 Å². The average molecular weight is 446 g/mol. The lowest BCUT2D eigenvalue weighted by molar-refractivity contribution is 0.0946. The van der Waals surface area contributed by atoms with Gasteiger partial charge in [-0.1, -0.05) is 90.5 Å². The molecule has 0 aliphatic rings. The maximum absolute atomic E-state index is 12.7. The third-order valence-corrected chi connectivity index (χ3v) is 5.47. The number of hydrogen-bond acceptors (Lipinski definition) is 3. The second-order valence-electron chi connectivity index (χ2n) is 7.36. The van der Waals surface area contributed by atoms with Crippen molar-refractivity contribution in [1.82, 2.24) is 15.1 Å². The summed E-state index contributed by atoms with van der Waals surface area (Å²) in [4.78, 5) is 12.7. The summed E-state index contributed by atoms with van der Waals surface area (Å²) < 4.78 is 7.60. The molecule has 1 N–H and O–H groups in total. The van der Waals surface area contributed by atoms with Gasteiger partial charge in [-0.25, -0.2) is 4.68 Å². The predicted molar refractivity (Wildman–Crippen MR) is 127 cm³/mol. The minimum atomic E-state index is -0.258. The molecule has 3 aromatic carbocycles. The summed E-state index contributed by atoms with van der Waals surface area (Å²) >= 11 is 6.48. The van der Waals surface area contributed by atoms with Crippen molar-refractivity contribution < 1.29 is 9.53 Å². The summed E-state index contributed by atoms with van der Waals surface area (Å²) in [5.41, 5.74) is 4.15. The van der Waals surface area contributed by atoms with Crippen LogP contribution < -0.4 is 10.1 Å². The molecule has 0 radical (unpaired) electrons. The van der Waals surface area contributed by atoms with Gasteiger partial charge in [-0.05, 0) is 24.1 Å². The normalized spacial score (nSPS) is 10.7. The standard InChI is InChI=1S/C26H24ClN3O2/c1-19-24(25(27)30(29-19)18-20-10-4-2-5-11-20)26(31)28-16-17-32-23-15-9-8-14-22(23)21-12-6-3-7-13-21/h2-15H,16-18H2,1H3,(H,28,31). The second kappa shape index (κ2) is 10.2. The van der Waals surface area contributed by atoms with Crippen LogP contribution in [-0.4, -0.2) is 28.8 Å². The Kier molecular flexibility index (Phi) is 6.87. The van der Waals surface area contributed by atoms with Crippen LogP contribution in [0.15, 0.2) is 84.9 Å². The number of aromatic nitrogens is 2.